The van der Waals surface area contributed by atoms with Crippen LogP contribution in [0, 0.1) is 0 Å². The van der Waals surface area contributed by atoms with Crippen LogP contribution < -0.4 is 4.89 Å². The van der Waals surface area contributed by atoms with E-state index in [0.29, 0.717) is 30.5 Å². The van der Waals surface area contributed by atoms with E-state index in [9.17, 15) is 34.7 Å². The van der Waals surface area contributed by atoms with Gasteiger partial charge < -0.3 is 48.3 Å². The molecule has 0 aromatic heterocycles. The van der Waals surface area contributed by atoms with Crippen molar-refractivity contribution in [3.05, 3.63) is 72.9 Å². The summed E-state index contributed by atoms with van der Waals surface area (Å²) in [6, 6.07) is 0. The van der Waals surface area contributed by atoms with Crippen molar-refractivity contribution in [1.29, 1.82) is 0 Å². The Morgan fingerprint density at radius 1 is 0.656 bits per heavy atom. The maximum absolute atomic E-state index is 12.7. The number of quaternary nitrogens is 1. The molecule has 6 unspecified atom stereocenters. The zero-order valence-electron chi connectivity index (χ0n) is 38.5. The molecule has 0 aliphatic heterocycles. The molecule has 4 N–H and O–H groups in total. The Balaban J connectivity index is 4.62. The SMILES string of the molecule is CCCCCCCCCCCCCCCCCCOCC(COP(=O)([O-])OCC[N+](C)(C)C)OC(=O)CCC(O)/C=C/C(O)/C=C/C=C/C=C\C(O)C/C=C/C/C=C\C(C)O. The number of allylic oxidation sites excluding steroid dienone is 6. The number of phosphoric ester groups is 1. The van der Waals surface area contributed by atoms with Crippen LogP contribution in [-0.4, -0.2) is 116 Å². The van der Waals surface area contributed by atoms with Crippen molar-refractivity contribution in [1.82, 2.24) is 0 Å². The van der Waals surface area contributed by atoms with E-state index in [1.807, 2.05) is 39.4 Å². The molecule has 0 amide bonds. The Kier molecular flexibility index (Phi) is 37.9. The molecule has 61 heavy (non-hydrogen) atoms. The predicted octanol–water partition coefficient (Wildman–Crippen LogP) is 8.75. The van der Waals surface area contributed by atoms with E-state index in [-0.39, 0.29) is 26.1 Å². The summed E-state index contributed by atoms with van der Waals surface area (Å²) in [6.45, 7) is 4.29. The normalized spacial score (nSPS) is 16.4. The fraction of sp³-hybridized carbons (Fsp3) is 0.729. The second kappa shape index (κ2) is 39.4. The highest BCUT2D eigenvalue weighted by Gasteiger charge is 2.21. The van der Waals surface area contributed by atoms with Crippen molar-refractivity contribution in [2.75, 3.05) is 54.1 Å². The van der Waals surface area contributed by atoms with Crippen LogP contribution in [0.3, 0.4) is 0 Å². The van der Waals surface area contributed by atoms with E-state index in [1.165, 1.54) is 102 Å². The van der Waals surface area contributed by atoms with Crippen molar-refractivity contribution in [2.45, 2.75) is 173 Å². The summed E-state index contributed by atoms with van der Waals surface area (Å²) in [5.41, 5.74) is 0. The molecule has 0 aromatic rings. The highest BCUT2D eigenvalue weighted by molar-refractivity contribution is 7.45. The minimum absolute atomic E-state index is 0.0222. The van der Waals surface area contributed by atoms with Gasteiger partial charge in [-0.05, 0) is 32.6 Å². The number of ether oxygens (including phenoxy) is 2. The second-order valence-corrected chi connectivity index (χ2v) is 18.3. The third-order valence-corrected chi connectivity index (χ3v) is 10.5. The Hall–Kier alpha value is -2.22. The first-order valence-corrected chi connectivity index (χ1v) is 24.5. The first kappa shape index (κ1) is 58.8. The molecule has 0 radical (unpaired) electrons. The molecule has 0 saturated carbocycles. The topological polar surface area (TPSA) is 175 Å². The van der Waals surface area contributed by atoms with Gasteiger partial charge in [-0.15, -0.1) is 0 Å². The van der Waals surface area contributed by atoms with Gasteiger partial charge >= 0.3 is 5.97 Å². The second-order valence-electron chi connectivity index (χ2n) is 16.9. The van der Waals surface area contributed by atoms with E-state index in [1.54, 1.807) is 43.4 Å². The van der Waals surface area contributed by atoms with Crippen LogP contribution >= 0.6 is 7.82 Å². The number of carbonyl (C=O) groups is 1. The van der Waals surface area contributed by atoms with Gasteiger partial charge in [-0.25, -0.2) is 0 Å². The summed E-state index contributed by atoms with van der Waals surface area (Å²) in [7, 11) is 1.09. The third kappa shape index (κ3) is 44.2. The molecule has 0 bridgehead atoms. The quantitative estimate of drug-likeness (QED) is 0.0115. The zero-order valence-corrected chi connectivity index (χ0v) is 39.4. The number of likely N-dealkylation sites (N-methyl/N-ethyl adjacent to an activating group) is 1. The average Bonchev–Trinajstić information content (AvgIpc) is 3.19. The molecule has 6 atom stereocenters. The van der Waals surface area contributed by atoms with Crippen molar-refractivity contribution in [3.63, 3.8) is 0 Å². The first-order valence-electron chi connectivity index (χ1n) is 23.0. The fourth-order valence-electron chi connectivity index (χ4n) is 5.90. The summed E-state index contributed by atoms with van der Waals surface area (Å²) in [6.07, 6.45) is 37.2. The molecule has 12 nitrogen and oxygen atoms in total. The molecular formula is C48H86NO11P. The molecule has 0 rings (SSSR count). The minimum atomic E-state index is -4.64. The molecule has 0 aliphatic carbocycles. The lowest BCUT2D eigenvalue weighted by molar-refractivity contribution is -0.870. The van der Waals surface area contributed by atoms with E-state index in [4.69, 9.17) is 18.5 Å². The number of rotatable bonds is 41. The van der Waals surface area contributed by atoms with Crippen LogP contribution in [0.2, 0.25) is 0 Å². The number of aliphatic hydroxyl groups is 4. The smallest absolute Gasteiger partial charge is 0.306 e. The number of esters is 1. The summed E-state index contributed by atoms with van der Waals surface area (Å²) < 4.78 is 34.3. The Morgan fingerprint density at radius 3 is 1.80 bits per heavy atom. The van der Waals surface area contributed by atoms with Gasteiger partial charge in [-0.3, -0.25) is 9.36 Å². The van der Waals surface area contributed by atoms with Gasteiger partial charge in [0.15, 0.2) is 0 Å². The van der Waals surface area contributed by atoms with Gasteiger partial charge in [0.2, 0.25) is 0 Å². The van der Waals surface area contributed by atoms with Crippen LogP contribution in [-0.2, 0) is 27.9 Å². The maximum atomic E-state index is 12.7. The minimum Gasteiger partial charge on any atom is -0.756 e. The molecule has 0 spiro atoms. The van der Waals surface area contributed by atoms with E-state index in [0.717, 1.165) is 19.3 Å². The van der Waals surface area contributed by atoms with Gasteiger partial charge in [0.05, 0.1) is 58.8 Å². The maximum Gasteiger partial charge on any atom is 0.306 e. The van der Waals surface area contributed by atoms with Crippen LogP contribution in [0.5, 0.6) is 0 Å². The lowest BCUT2D eigenvalue weighted by Gasteiger charge is -2.28. The number of carbonyl (C=O) groups excluding carboxylic acids is 1. The van der Waals surface area contributed by atoms with Crippen LogP contribution in [0.1, 0.15) is 142 Å². The monoisotopic (exact) mass is 884 g/mol. The summed E-state index contributed by atoms with van der Waals surface area (Å²) in [5, 5.41) is 39.8. The van der Waals surface area contributed by atoms with E-state index in [2.05, 4.69) is 6.92 Å². The number of unbranched alkanes of at least 4 members (excludes halogenated alkanes) is 15. The van der Waals surface area contributed by atoms with E-state index < -0.39 is 50.9 Å². The van der Waals surface area contributed by atoms with Crippen molar-refractivity contribution in [3.8, 4) is 0 Å². The van der Waals surface area contributed by atoms with Gasteiger partial charge in [0.1, 0.15) is 19.3 Å². The highest BCUT2D eigenvalue weighted by atomic mass is 31.2. The van der Waals surface area contributed by atoms with Crippen molar-refractivity contribution in [2.24, 2.45) is 0 Å². The molecule has 0 aromatic carbocycles. The van der Waals surface area contributed by atoms with Crippen LogP contribution in [0.15, 0.2) is 72.9 Å². The number of aliphatic hydroxyl groups excluding tert-OH is 4. The highest BCUT2D eigenvalue weighted by Crippen LogP contribution is 2.38. The molecule has 0 saturated heterocycles. The molecular weight excluding hydrogens is 797 g/mol. The Morgan fingerprint density at radius 2 is 1.23 bits per heavy atom. The summed E-state index contributed by atoms with van der Waals surface area (Å²) >= 11 is 0. The third-order valence-electron chi connectivity index (χ3n) is 9.55. The van der Waals surface area contributed by atoms with Gasteiger partial charge in [-0.1, -0.05) is 176 Å². The van der Waals surface area contributed by atoms with E-state index >= 15 is 0 Å². The first-order chi connectivity index (χ1) is 29.1. The molecule has 0 aliphatic rings. The van der Waals surface area contributed by atoms with Crippen molar-refractivity contribution >= 4 is 13.8 Å². The molecule has 0 fully saturated rings. The van der Waals surface area contributed by atoms with Crippen molar-refractivity contribution < 1.29 is 57.7 Å². The lowest BCUT2D eigenvalue weighted by Crippen LogP contribution is -2.37. The standard InChI is InChI=1S/C48H86NO11P/c1-6-7-8-9-10-11-12-13-14-15-16-17-18-19-24-29-39-57-41-47(42-59-61(55,56)58-40-38-49(3,4)5)60-48(54)37-36-46(53)35-34-45(52)33-28-23-22-27-32-44(51)31-26-21-20-25-30-43(2)50/h21-23,25-28,30,32-35,43-47,50-53H,6-20,24,29,31,36-42H2,1-5H3/b23-22+,26-21+,30-25-,32-27-,33-28+,35-34+. The Labute approximate surface area is 370 Å². The van der Waals surface area contributed by atoms with Gasteiger partial charge in [0, 0.05) is 13.0 Å². The number of phosphoric acid groups is 1. The van der Waals surface area contributed by atoms with Gasteiger partial charge in [-0.2, -0.15) is 0 Å². The van der Waals surface area contributed by atoms with Crippen LogP contribution in [0.25, 0.3) is 0 Å². The van der Waals surface area contributed by atoms with Gasteiger partial charge in [0.25, 0.3) is 7.82 Å². The predicted molar refractivity (Wildman–Crippen MR) is 246 cm³/mol. The molecule has 13 heteroatoms. The number of hydrogen-bond donors (Lipinski definition) is 4. The number of nitrogens with zero attached hydrogens (tertiary/aromatic N) is 1. The largest absolute Gasteiger partial charge is 0.756 e. The van der Waals surface area contributed by atoms with Crippen LogP contribution in [0.4, 0.5) is 0 Å². The molecule has 354 valence electrons. The summed E-state index contributed by atoms with van der Waals surface area (Å²) in [5.74, 6) is -0.650. The number of hydrogen-bond acceptors (Lipinski definition) is 11. The lowest BCUT2D eigenvalue weighted by atomic mass is 10.0. The fourth-order valence-corrected chi connectivity index (χ4v) is 6.63. The zero-order chi connectivity index (χ0) is 45.5. The average molecular weight is 884 g/mol. The summed E-state index contributed by atoms with van der Waals surface area (Å²) in [4.78, 5) is 25.1. The Bertz CT molecular complexity index is 1270. The molecule has 0 heterocycles.